The Hall–Kier alpha value is -0.217. The van der Waals surface area contributed by atoms with Crippen LogP contribution in [0, 0.1) is 13.8 Å². The van der Waals surface area contributed by atoms with Gasteiger partial charge in [-0.05, 0) is 0 Å². The standard InChI is InChI=1S/C18H21P.ClH.Zr/c1-14-5-9-16(10-6-14)13-18(19(3)4)17-11-7-15(2)8-12-17;;/h5-13H,1-4H3;1H;. The molecule has 110 valence electrons. The predicted molar refractivity (Wildman–Crippen MR) is 96.2 cm³/mol. The van der Waals surface area contributed by atoms with E-state index < -0.39 is 26.0 Å². The van der Waals surface area contributed by atoms with Crippen molar-refractivity contribution in [3.63, 3.8) is 0 Å². The van der Waals surface area contributed by atoms with Gasteiger partial charge < -0.3 is 0 Å². The molecule has 0 radical (unpaired) electrons. The average Bonchev–Trinajstić information content (AvgIpc) is 2.47. The summed E-state index contributed by atoms with van der Waals surface area (Å²) in [6, 6.07) is 17.6. The van der Waals surface area contributed by atoms with Crippen molar-refractivity contribution >= 4 is 24.5 Å². The fourth-order valence-electron chi connectivity index (χ4n) is 2.24. The van der Waals surface area contributed by atoms with E-state index in [4.69, 9.17) is 8.51 Å². The molecule has 0 amide bonds. The van der Waals surface area contributed by atoms with Crippen LogP contribution in [0.25, 0.3) is 11.4 Å². The summed E-state index contributed by atoms with van der Waals surface area (Å²) in [5.74, 6) is 0. The monoisotopic (exact) mass is 394 g/mol. The Morgan fingerprint density at radius 3 is 1.86 bits per heavy atom. The Labute approximate surface area is 143 Å². The van der Waals surface area contributed by atoms with Crippen LogP contribution in [0.3, 0.4) is 0 Å². The Kier molecular flexibility index (Phi) is 6.01. The second-order valence-corrected chi connectivity index (χ2v) is 24.0. The van der Waals surface area contributed by atoms with E-state index in [2.05, 4.69) is 81.8 Å². The first-order chi connectivity index (χ1) is 9.92. The molecule has 0 nitrogen and oxygen atoms in total. The Morgan fingerprint density at radius 1 is 0.905 bits per heavy atom. The molecular formula is C18H22ClPZr. The molecule has 0 atom stereocenters. The summed E-state index contributed by atoms with van der Waals surface area (Å²) in [6.45, 7) is 9.08. The number of hydrogen-bond acceptors (Lipinski definition) is 0. The third-order valence-electron chi connectivity index (χ3n) is 3.66. The predicted octanol–water partition coefficient (Wildman–Crippen LogP) is 5.96. The maximum atomic E-state index is 6.45. The molecule has 3 heteroatoms. The number of hydrogen-bond donors (Lipinski definition) is 0. The van der Waals surface area contributed by atoms with Crippen molar-refractivity contribution in [3.8, 4) is 0 Å². The van der Waals surface area contributed by atoms with Gasteiger partial charge in [-0.25, -0.2) is 0 Å². The number of benzene rings is 2. The summed E-state index contributed by atoms with van der Waals surface area (Å²) < 4.78 is -1.46. The van der Waals surface area contributed by atoms with E-state index in [1.165, 1.54) is 27.6 Å². The molecule has 2 rings (SSSR count). The normalized spacial score (nSPS) is 13.1. The van der Waals surface area contributed by atoms with Crippen LogP contribution in [-0.4, -0.2) is 13.3 Å². The van der Waals surface area contributed by atoms with Gasteiger partial charge in [-0.3, -0.25) is 0 Å². The van der Waals surface area contributed by atoms with Gasteiger partial charge in [0.1, 0.15) is 0 Å². The summed E-state index contributed by atoms with van der Waals surface area (Å²) >= 11 is -0.825. The van der Waals surface area contributed by atoms with Gasteiger partial charge in [0.2, 0.25) is 0 Å². The zero-order chi connectivity index (χ0) is 15.5. The van der Waals surface area contributed by atoms with Gasteiger partial charge in [0.15, 0.2) is 0 Å². The van der Waals surface area contributed by atoms with Crippen LogP contribution in [0.5, 0.6) is 0 Å². The van der Waals surface area contributed by atoms with E-state index in [0.717, 1.165) is 0 Å². The molecule has 0 aliphatic rings. The van der Waals surface area contributed by atoms with Gasteiger partial charge in [-0.15, -0.1) is 0 Å². The molecule has 0 aromatic heterocycles. The second-order valence-electron chi connectivity index (χ2n) is 6.05. The van der Waals surface area contributed by atoms with Crippen molar-refractivity contribution in [1.29, 1.82) is 0 Å². The van der Waals surface area contributed by atoms with E-state index in [1.807, 2.05) is 0 Å². The van der Waals surface area contributed by atoms with Gasteiger partial charge >= 0.3 is 144 Å². The fourth-order valence-corrected chi connectivity index (χ4v) is 7.91. The van der Waals surface area contributed by atoms with Crippen LogP contribution in [0.15, 0.2) is 48.5 Å². The number of halogens is 1. The Morgan fingerprint density at radius 2 is 1.38 bits per heavy atom. The Bertz CT molecular complexity index is 627. The van der Waals surface area contributed by atoms with E-state index in [9.17, 15) is 0 Å². The van der Waals surface area contributed by atoms with Crippen molar-refractivity contribution in [1.82, 2.24) is 0 Å². The molecule has 0 aliphatic heterocycles. The molecule has 0 N–H and O–H groups in total. The van der Waals surface area contributed by atoms with Crippen LogP contribution in [0.2, 0.25) is 0 Å². The van der Waals surface area contributed by atoms with Crippen molar-refractivity contribution in [2.45, 2.75) is 13.8 Å². The molecule has 0 saturated heterocycles. The fraction of sp³-hybridized carbons (Fsp3) is 0.222. The molecule has 0 unspecified atom stereocenters. The first-order valence-electron chi connectivity index (χ1n) is 7.16. The van der Waals surface area contributed by atoms with E-state index >= 15 is 0 Å². The quantitative estimate of drug-likeness (QED) is 0.442. The third-order valence-corrected chi connectivity index (χ3v) is 19.8. The SMILES string of the molecule is Cc1ccc(C=C(c2ccc(C)cc2)[PH](C)(C)[Zr][Cl])cc1. The minimum atomic E-state index is -1.46. The maximum absolute atomic E-state index is 6.45. The average molecular weight is 396 g/mol. The van der Waals surface area contributed by atoms with Gasteiger partial charge in [0.05, 0.1) is 0 Å². The van der Waals surface area contributed by atoms with Gasteiger partial charge in [0.25, 0.3) is 0 Å². The first kappa shape index (κ1) is 17.1. The minimum absolute atomic E-state index is 0.825. The summed E-state index contributed by atoms with van der Waals surface area (Å²) in [5, 5.41) is 1.49. The van der Waals surface area contributed by atoms with Crippen LogP contribution in [0.4, 0.5) is 0 Å². The molecule has 0 spiro atoms. The number of rotatable bonds is 4. The van der Waals surface area contributed by atoms with Gasteiger partial charge in [0, 0.05) is 0 Å². The summed E-state index contributed by atoms with van der Waals surface area (Å²) in [7, 11) is 6.45. The molecule has 0 fully saturated rings. The van der Waals surface area contributed by atoms with Crippen molar-refractivity contribution in [3.05, 3.63) is 70.8 Å². The molecule has 2 aromatic rings. The van der Waals surface area contributed by atoms with Gasteiger partial charge in [-0.1, -0.05) is 0 Å². The van der Waals surface area contributed by atoms with Crippen LogP contribution in [-0.2, 0) is 21.5 Å². The van der Waals surface area contributed by atoms with E-state index in [0.29, 0.717) is 0 Å². The Balaban J connectivity index is 2.50. The summed E-state index contributed by atoms with van der Waals surface area (Å²) in [4.78, 5) is 0. The summed E-state index contributed by atoms with van der Waals surface area (Å²) in [6.07, 6.45) is 2.36. The molecule has 0 aliphatic carbocycles. The van der Waals surface area contributed by atoms with Gasteiger partial charge in [-0.2, -0.15) is 0 Å². The first-order valence-corrected chi connectivity index (χ1v) is 17.0. The molecular weight excluding hydrogens is 374 g/mol. The summed E-state index contributed by atoms with van der Waals surface area (Å²) in [5.41, 5.74) is 5.23. The topological polar surface area (TPSA) is 0 Å². The number of aryl methyl sites for hydroxylation is 2. The zero-order valence-electron chi connectivity index (χ0n) is 13.1. The molecule has 0 heterocycles. The molecule has 2 aromatic carbocycles. The van der Waals surface area contributed by atoms with Crippen LogP contribution < -0.4 is 0 Å². The second kappa shape index (κ2) is 7.37. The van der Waals surface area contributed by atoms with Crippen molar-refractivity contribution in [2.24, 2.45) is 0 Å². The van der Waals surface area contributed by atoms with E-state index in [-0.39, 0.29) is 0 Å². The third kappa shape index (κ3) is 4.62. The van der Waals surface area contributed by atoms with Crippen molar-refractivity contribution in [2.75, 3.05) is 13.3 Å². The van der Waals surface area contributed by atoms with E-state index in [1.54, 1.807) is 0 Å². The molecule has 0 bridgehead atoms. The molecule has 21 heavy (non-hydrogen) atoms. The van der Waals surface area contributed by atoms with Crippen LogP contribution >= 0.6 is 13.1 Å². The zero-order valence-corrected chi connectivity index (χ0v) is 17.3. The van der Waals surface area contributed by atoms with Crippen molar-refractivity contribution < 1.29 is 21.5 Å². The molecule has 0 saturated carbocycles. The van der Waals surface area contributed by atoms with Crippen LogP contribution in [0.1, 0.15) is 22.3 Å².